The Balaban J connectivity index is 0.00000648. The van der Waals surface area contributed by atoms with Crippen molar-refractivity contribution < 1.29 is 102 Å². The number of azo groups is 1. The molecule has 13 nitrogen and oxygen atoms in total. The maximum absolute atomic E-state index is 11.8. The van der Waals surface area contributed by atoms with E-state index in [0.717, 1.165) is 5.41 Å². The Bertz CT molecular complexity index is 1370. The number of nitrogens with zero attached hydrogens (tertiary/aromatic N) is 3. The van der Waals surface area contributed by atoms with Gasteiger partial charge in [-0.15, -0.1) is 5.11 Å². The standard InChI is InChI=1S/C18H20ClN3O10S3.2Na/c1-2-33(23,24)16-7-8-18(17(19)13-16)21-20-14-3-5-15(6-4-14)22(9-11-31-34(25,26)27)10-12-32-35(28,29)30;;/h2-8,13H,1,9-12H2,(H,25,26,27)(H,28,29,30);;/q;2*+1/p-2. The van der Waals surface area contributed by atoms with E-state index in [4.69, 9.17) is 11.6 Å². The minimum Gasteiger partial charge on any atom is -0.726 e. The van der Waals surface area contributed by atoms with Gasteiger partial charge >= 0.3 is 59.1 Å². The van der Waals surface area contributed by atoms with Crippen molar-refractivity contribution >= 4 is 59.3 Å². The van der Waals surface area contributed by atoms with Crippen LogP contribution in [0.4, 0.5) is 17.1 Å². The van der Waals surface area contributed by atoms with Crippen LogP contribution in [0.3, 0.4) is 0 Å². The van der Waals surface area contributed by atoms with Crippen molar-refractivity contribution in [3.8, 4) is 0 Å². The molecule has 19 heteroatoms. The Labute approximate surface area is 264 Å². The molecule has 2 aromatic carbocycles. The predicted molar refractivity (Wildman–Crippen MR) is 123 cm³/mol. The molecule has 0 heterocycles. The van der Waals surface area contributed by atoms with Gasteiger partial charge in [-0.1, -0.05) is 18.2 Å². The number of sulfone groups is 1. The summed E-state index contributed by atoms with van der Waals surface area (Å²) in [4.78, 5) is 1.36. The van der Waals surface area contributed by atoms with Crippen molar-refractivity contribution in [1.29, 1.82) is 0 Å². The first-order valence-electron chi connectivity index (χ1n) is 9.34. The molecule has 0 unspecified atom stereocenters. The fraction of sp³-hybridized carbons (Fsp3) is 0.222. The molecule has 37 heavy (non-hydrogen) atoms. The second-order valence-electron chi connectivity index (χ2n) is 6.49. The van der Waals surface area contributed by atoms with E-state index in [2.05, 4.69) is 25.2 Å². The van der Waals surface area contributed by atoms with Gasteiger partial charge in [0.25, 0.3) is 0 Å². The number of hydrogen-bond acceptors (Lipinski definition) is 13. The van der Waals surface area contributed by atoms with Gasteiger partial charge in [0.05, 0.1) is 28.8 Å². The molecule has 0 fully saturated rings. The van der Waals surface area contributed by atoms with Gasteiger partial charge in [-0.25, -0.2) is 25.3 Å². The number of benzene rings is 2. The van der Waals surface area contributed by atoms with Crippen LogP contribution >= 0.6 is 11.6 Å². The van der Waals surface area contributed by atoms with E-state index in [-0.39, 0.29) is 87.8 Å². The fourth-order valence-electron chi connectivity index (χ4n) is 2.55. The van der Waals surface area contributed by atoms with Crippen LogP contribution in [0.15, 0.2) is 69.6 Å². The predicted octanol–water partition coefficient (Wildman–Crippen LogP) is -3.56. The first-order chi connectivity index (χ1) is 16.2. The maximum Gasteiger partial charge on any atom is 1.00 e. The SMILES string of the molecule is C=CS(=O)(=O)c1ccc(N=Nc2ccc(N(CCOS(=O)(=O)[O-])CCOS(=O)(=O)[O-])cc2)c(Cl)c1.[Na+].[Na+]. The number of hydrogen-bond donors (Lipinski definition) is 0. The van der Waals surface area contributed by atoms with Gasteiger partial charge in [-0.2, -0.15) is 5.11 Å². The van der Waals surface area contributed by atoms with Crippen molar-refractivity contribution in [2.24, 2.45) is 10.2 Å². The Morgan fingerprint density at radius 2 is 1.38 bits per heavy atom. The molecule has 0 saturated heterocycles. The average molecular weight is 614 g/mol. The molecule has 0 spiro atoms. The van der Waals surface area contributed by atoms with Crippen LogP contribution < -0.4 is 64.0 Å². The van der Waals surface area contributed by atoms with Crippen molar-refractivity contribution in [3.63, 3.8) is 0 Å². The first kappa shape index (κ1) is 36.6. The van der Waals surface area contributed by atoms with Gasteiger partial charge in [0.15, 0.2) is 9.84 Å². The summed E-state index contributed by atoms with van der Waals surface area (Å²) >= 11 is 6.07. The normalized spacial score (nSPS) is 12.0. The summed E-state index contributed by atoms with van der Waals surface area (Å²) in [5.74, 6) is 0. The molecule has 0 amide bonds. The van der Waals surface area contributed by atoms with Crippen molar-refractivity contribution in [2.75, 3.05) is 31.2 Å². The van der Waals surface area contributed by atoms with Crippen molar-refractivity contribution in [3.05, 3.63) is 59.5 Å². The average Bonchev–Trinajstić information content (AvgIpc) is 2.76. The second-order valence-corrected chi connectivity index (χ2v) is 10.9. The van der Waals surface area contributed by atoms with E-state index in [1.165, 1.54) is 47.4 Å². The van der Waals surface area contributed by atoms with Crippen LogP contribution in [-0.2, 0) is 39.0 Å². The van der Waals surface area contributed by atoms with E-state index < -0.39 is 43.8 Å². The van der Waals surface area contributed by atoms with E-state index in [0.29, 0.717) is 11.4 Å². The van der Waals surface area contributed by atoms with E-state index in [1.807, 2.05) is 0 Å². The summed E-state index contributed by atoms with van der Waals surface area (Å²) in [7, 11) is -13.5. The summed E-state index contributed by atoms with van der Waals surface area (Å²) in [6.45, 7) is 1.87. The van der Waals surface area contributed by atoms with E-state index >= 15 is 0 Å². The number of anilines is 1. The third-order valence-electron chi connectivity index (χ3n) is 4.13. The molecule has 0 radical (unpaired) electrons. The number of rotatable bonds is 13. The van der Waals surface area contributed by atoms with Crippen LogP contribution in [0.1, 0.15) is 0 Å². The topological polar surface area (TPSA) is 195 Å². The maximum atomic E-state index is 11.8. The molecular weight excluding hydrogens is 596 g/mol. The molecule has 0 saturated carbocycles. The summed E-state index contributed by atoms with van der Waals surface area (Å²) < 4.78 is 95.7. The third-order valence-corrected chi connectivity index (χ3v) is 6.70. The van der Waals surface area contributed by atoms with Gasteiger partial charge in [-0.05, 0) is 42.5 Å². The van der Waals surface area contributed by atoms with Gasteiger partial charge in [0.1, 0.15) is 5.69 Å². The van der Waals surface area contributed by atoms with Crippen LogP contribution in [0, 0.1) is 0 Å². The van der Waals surface area contributed by atoms with E-state index in [1.54, 1.807) is 0 Å². The fourth-order valence-corrected chi connectivity index (χ4v) is 4.13. The van der Waals surface area contributed by atoms with Gasteiger partial charge < -0.3 is 14.0 Å². The summed E-state index contributed by atoms with van der Waals surface area (Å²) in [5, 5.41) is 8.81. The van der Waals surface area contributed by atoms with Crippen molar-refractivity contribution in [2.45, 2.75) is 4.90 Å². The largest absolute Gasteiger partial charge is 1.00 e. The van der Waals surface area contributed by atoms with Gasteiger partial charge in [-0.3, -0.25) is 8.37 Å². The molecule has 0 aliphatic heterocycles. The molecule has 0 bridgehead atoms. The molecule has 0 aromatic heterocycles. The minimum absolute atomic E-state index is 0. The van der Waals surface area contributed by atoms with Crippen molar-refractivity contribution in [1.82, 2.24) is 0 Å². The molecule has 0 aliphatic rings. The van der Waals surface area contributed by atoms with E-state index in [9.17, 15) is 34.4 Å². The molecule has 0 aliphatic carbocycles. The van der Waals surface area contributed by atoms with Crippen LogP contribution in [-0.4, -0.2) is 60.7 Å². The summed E-state index contributed by atoms with van der Waals surface area (Å²) in [5.41, 5.74) is 0.983. The van der Waals surface area contributed by atoms with Crippen LogP contribution in [0.2, 0.25) is 5.02 Å². The molecule has 192 valence electrons. The molecule has 2 aromatic rings. The zero-order valence-electron chi connectivity index (χ0n) is 19.7. The molecule has 0 atom stereocenters. The molecular formula is C18H18ClN3Na2O10S3. The zero-order valence-corrected chi connectivity index (χ0v) is 26.9. The molecule has 2 rings (SSSR count). The Morgan fingerprint density at radius 1 is 0.865 bits per heavy atom. The first-order valence-corrected chi connectivity index (χ1v) is 13.9. The minimum atomic E-state index is -4.93. The third kappa shape index (κ3) is 13.5. The Morgan fingerprint density at radius 3 is 1.81 bits per heavy atom. The number of halogens is 1. The van der Waals surface area contributed by atoms with Gasteiger partial charge in [0.2, 0.25) is 20.8 Å². The monoisotopic (exact) mass is 613 g/mol. The van der Waals surface area contributed by atoms with Gasteiger partial charge in [0, 0.05) is 24.2 Å². The molecule has 0 N–H and O–H groups in total. The second kappa shape index (κ2) is 16.0. The Kier molecular flexibility index (Phi) is 15.8. The smallest absolute Gasteiger partial charge is 0.726 e. The quantitative estimate of drug-likeness (QED) is 0.0938. The zero-order chi connectivity index (χ0) is 26.3. The Hall–Kier alpha value is -0.440. The van der Waals surface area contributed by atoms with Crippen LogP contribution in [0.25, 0.3) is 0 Å². The summed E-state index contributed by atoms with van der Waals surface area (Å²) in [6.07, 6.45) is 0. The summed E-state index contributed by atoms with van der Waals surface area (Å²) in [6, 6.07) is 9.93. The van der Waals surface area contributed by atoms with Crippen LogP contribution in [0.5, 0.6) is 0 Å².